The van der Waals surface area contributed by atoms with Crippen molar-refractivity contribution in [3.8, 4) is 5.75 Å². The summed E-state index contributed by atoms with van der Waals surface area (Å²) in [7, 11) is 1.36. The van der Waals surface area contributed by atoms with Gasteiger partial charge in [0.1, 0.15) is 6.61 Å². The van der Waals surface area contributed by atoms with Gasteiger partial charge in [-0.2, -0.15) is 0 Å². The third-order valence-corrected chi connectivity index (χ3v) is 4.81. The van der Waals surface area contributed by atoms with Crippen LogP contribution in [0.2, 0.25) is 0 Å². The summed E-state index contributed by atoms with van der Waals surface area (Å²) in [6, 6.07) is 18.2. The van der Waals surface area contributed by atoms with E-state index in [1.54, 1.807) is 23.2 Å². The average molecular weight is 403 g/mol. The largest absolute Gasteiger partial charge is 0.488 e. The molecule has 2 amide bonds. The number of fused-ring (bicyclic) bond motifs is 1. The summed E-state index contributed by atoms with van der Waals surface area (Å²) in [4.78, 5) is 30.8. The van der Waals surface area contributed by atoms with Gasteiger partial charge in [0.15, 0.2) is 11.6 Å². The number of hydrogen-bond donors (Lipinski definition) is 1. The number of ether oxygens (including phenoxy) is 2. The Kier molecular flexibility index (Phi) is 5.61. The zero-order valence-corrected chi connectivity index (χ0v) is 16.5. The summed E-state index contributed by atoms with van der Waals surface area (Å²) < 4.78 is 10.6. The molecule has 4 rings (SSSR count). The van der Waals surface area contributed by atoms with Crippen LogP contribution in [0.1, 0.15) is 21.5 Å². The molecule has 7 heteroatoms. The SMILES string of the molecule is COC(=O)c1ccccc1Cc1cnc2c(c1)OCCN2C(=O)Nc1ccccc1. The molecular formula is C23H21N3O4. The molecule has 152 valence electrons. The maximum atomic E-state index is 12.7. The molecule has 0 fully saturated rings. The Morgan fingerprint density at radius 2 is 1.90 bits per heavy atom. The molecule has 1 aromatic heterocycles. The van der Waals surface area contributed by atoms with Crippen LogP contribution in [-0.2, 0) is 11.2 Å². The minimum atomic E-state index is -0.378. The van der Waals surface area contributed by atoms with Crippen molar-refractivity contribution in [2.24, 2.45) is 0 Å². The number of esters is 1. The van der Waals surface area contributed by atoms with E-state index in [-0.39, 0.29) is 12.0 Å². The molecule has 1 N–H and O–H groups in total. The molecule has 1 aliphatic rings. The van der Waals surface area contributed by atoms with E-state index in [1.165, 1.54) is 7.11 Å². The fraction of sp³-hybridized carbons (Fsp3) is 0.174. The lowest BCUT2D eigenvalue weighted by atomic mass is 10.0. The van der Waals surface area contributed by atoms with Crippen LogP contribution in [0, 0.1) is 0 Å². The number of para-hydroxylation sites is 1. The minimum absolute atomic E-state index is 0.262. The summed E-state index contributed by atoms with van der Waals surface area (Å²) in [5.41, 5.74) is 2.94. The molecule has 30 heavy (non-hydrogen) atoms. The van der Waals surface area contributed by atoms with Crippen LogP contribution in [0.4, 0.5) is 16.3 Å². The van der Waals surface area contributed by atoms with E-state index in [0.717, 1.165) is 11.1 Å². The Morgan fingerprint density at radius 1 is 1.13 bits per heavy atom. The van der Waals surface area contributed by atoms with Gasteiger partial charge < -0.3 is 14.8 Å². The third kappa shape index (κ3) is 4.10. The Labute approximate surface area is 174 Å². The van der Waals surface area contributed by atoms with Crippen molar-refractivity contribution >= 4 is 23.5 Å². The van der Waals surface area contributed by atoms with Crippen LogP contribution in [0.15, 0.2) is 66.9 Å². The van der Waals surface area contributed by atoms with Gasteiger partial charge in [0.25, 0.3) is 0 Å². The molecule has 0 aliphatic carbocycles. The van der Waals surface area contributed by atoms with Crippen molar-refractivity contribution in [1.29, 1.82) is 0 Å². The topological polar surface area (TPSA) is 80.8 Å². The predicted molar refractivity (Wildman–Crippen MR) is 113 cm³/mol. The first kappa shape index (κ1) is 19.4. The number of methoxy groups -OCH3 is 1. The minimum Gasteiger partial charge on any atom is -0.488 e. The molecule has 0 bridgehead atoms. The molecular weight excluding hydrogens is 382 g/mol. The number of carbonyl (C=O) groups is 2. The molecule has 0 saturated heterocycles. The highest BCUT2D eigenvalue weighted by Gasteiger charge is 2.26. The highest BCUT2D eigenvalue weighted by Crippen LogP contribution is 2.31. The smallest absolute Gasteiger partial charge is 0.338 e. The number of aromatic nitrogens is 1. The van der Waals surface area contributed by atoms with E-state index >= 15 is 0 Å². The highest BCUT2D eigenvalue weighted by molar-refractivity contribution is 6.02. The molecule has 0 radical (unpaired) electrons. The van der Waals surface area contributed by atoms with E-state index in [9.17, 15) is 9.59 Å². The second kappa shape index (κ2) is 8.65. The summed E-state index contributed by atoms with van der Waals surface area (Å²) in [6.07, 6.45) is 2.19. The van der Waals surface area contributed by atoms with Crippen LogP contribution in [0.5, 0.6) is 5.75 Å². The molecule has 1 aliphatic heterocycles. The highest BCUT2D eigenvalue weighted by atomic mass is 16.5. The van der Waals surface area contributed by atoms with Gasteiger partial charge in [-0.25, -0.2) is 14.6 Å². The van der Waals surface area contributed by atoms with Crippen molar-refractivity contribution in [2.75, 3.05) is 30.5 Å². The molecule has 0 saturated carbocycles. The van der Waals surface area contributed by atoms with Crippen LogP contribution in [0.25, 0.3) is 0 Å². The van der Waals surface area contributed by atoms with Crippen molar-refractivity contribution < 1.29 is 19.1 Å². The molecule has 2 heterocycles. The van der Waals surface area contributed by atoms with Crippen molar-refractivity contribution in [3.63, 3.8) is 0 Å². The van der Waals surface area contributed by atoms with Gasteiger partial charge in [-0.3, -0.25) is 4.90 Å². The number of benzene rings is 2. The summed E-state index contributed by atoms with van der Waals surface area (Å²) in [6.45, 7) is 0.780. The molecule has 2 aromatic carbocycles. The van der Waals surface area contributed by atoms with Crippen LogP contribution >= 0.6 is 0 Å². The zero-order valence-electron chi connectivity index (χ0n) is 16.5. The van der Waals surface area contributed by atoms with Crippen molar-refractivity contribution in [2.45, 2.75) is 6.42 Å². The first-order valence-corrected chi connectivity index (χ1v) is 9.57. The maximum absolute atomic E-state index is 12.7. The number of amides is 2. The number of nitrogens with one attached hydrogen (secondary N) is 1. The first-order chi connectivity index (χ1) is 14.7. The normalized spacial score (nSPS) is 12.5. The zero-order chi connectivity index (χ0) is 20.9. The van der Waals surface area contributed by atoms with Gasteiger partial charge in [-0.1, -0.05) is 36.4 Å². The molecule has 3 aromatic rings. The van der Waals surface area contributed by atoms with Crippen molar-refractivity contribution in [1.82, 2.24) is 4.98 Å². The molecule has 7 nitrogen and oxygen atoms in total. The Hall–Kier alpha value is -3.87. The fourth-order valence-corrected chi connectivity index (χ4v) is 3.35. The van der Waals surface area contributed by atoms with E-state index in [4.69, 9.17) is 9.47 Å². The molecule has 0 atom stereocenters. The summed E-state index contributed by atoms with van der Waals surface area (Å²) in [5.74, 6) is 0.633. The number of pyridine rings is 1. The van der Waals surface area contributed by atoms with Gasteiger partial charge in [0.05, 0.1) is 19.2 Å². The van der Waals surface area contributed by atoms with Gasteiger partial charge >= 0.3 is 12.0 Å². The van der Waals surface area contributed by atoms with E-state index in [2.05, 4.69) is 10.3 Å². The number of carbonyl (C=O) groups excluding carboxylic acids is 2. The second-order valence-electron chi connectivity index (χ2n) is 6.79. The van der Waals surface area contributed by atoms with Crippen molar-refractivity contribution in [3.05, 3.63) is 83.6 Å². The van der Waals surface area contributed by atoms with Gasteiger partial charge in [-0.15, -0.1) is 0 Å². The van der Waals surface area contributed by atoms with E-state index < -0.39 is 0 Å². The van der Waals surface area contributed by atoms with E-state index in [0.29, 0.717) is 42.4 Å². The number of hydrogen-bond acceptors (Lipinski definition) is 5. The second-order valence-corrected chi connectivity index (χ2v) is 6.79. The lowest BCUT2D eigenvalue weighted by Gasteiger charge is -2.28. The third-order valence-electron chi connectivity index (χ3n) is 4.81. The lowest BCUT2D eigenvalue weighted by molar-refractivity contribution is 0.0599. The molecule has 0 unspecified atom stereocenters. The van der Waals surface area contributed by atoms with Crippen LogP contribution in [0.3, 0.4) is 0 Å². The van der Waals surface area contributed by atoms with Crippen LogP contribution < -0.4 is 15.0 Å². The summed E-state index contributed by atoms with van der Waals surface area (Å²) in [5, 5.41) is 2.87. The monoisotopic (exact) mass is 403 g/mol. The Bertz CT molecular complexity index is 1070. The standard InChI is InChI=1S/C23H21N3O4/c1-29-22(27)19-10-6-5-7-17(19)13-16-14-20-21(24-15-16)26(11-12-30-20)23(28)25-18-8-3-2-4-9-18/h2-10,14-15H,11-13H2,1H3,(H,25,28). The van der Waals surface area contributed by atoms with E-state index in [1.807, 2.05) is 48.5 Å². The van der Waals surface area contributed by atoms with Gasteiger partial charge in [0.2, 0.25) is 0 Å². The Morgan fingerprint density at radius 3 is 2.70 bits per heavy atom. The quantitative estimate of drug-likeness (QED) is 0.669. The summed E-state index contributed by atoms with van der Waals surface area (Å²) >= 11 is 0. The number of anilines is 2. The number of urea groups is 1. The predicted octanol–water partition coefficient (Wildman–Crippen LogP) is 3.89. The Balaban J connectivity index is 1.55. The number of rotatable bonds is 4. The van der Waals surface area contributed by atoms with Gasteiger partial charge in [-0.05, 0) is 41.8 Å². The number of nitrogens with zero attached hydrogens (tertiary/aromatic N) is 2. The van der Waals surface area contributed by atoms with Crippen LogP contribution in [-0.4, -0.2) is 37.2 Å². The fourth-order valence-electron chi connectivity index (χ4n) is 3.35. The average Bonchev–Trinajstić information content (AvgIpc) is 2.79. The first-order valence-electron chi connectivity index (χ1n) is 9.57. The van der Waals surface area contributed by atoms with Gasteiger partial charge in [0, 0.05) is 11.9 Å². The lowest BCUT2D eigenvalue weighted by Crippen LogP contribution is -2.41. The molecule has 0 spiro atoms. The maximum Gasteiger partial charge on any atom is 0.338 e.